The van der Waals surface area contributed by atoms with Crippen LogP contribution in [0.4, 0.5) is 4.79 Å². The standard InChI is InChI=1S/C5H9N3O3S/c6-1-2(4(9)10)3(12)8-5(7)11/h12H,1,6H2,(H,9,10)(H3,7,8,11). The molecule has 0 rings (SSSR count). The Morgan fingerprint density at radius 3 is 2.25 bits per heavy atom. The second-order valence-corrected chi connectivity index (χ2v) is 2.27. The maximum absolute atomic E-state index is 10.4. The maximum atomic E-state index is 10.4. The summed E-state index contributed by atoms with van der Waals surface area (Å²) in [6.45, 7) is -0.228. The molecule has 0 unspecified atom stereocenters. The Labute approximate surface area is 74.0 Å². The van der Waals surface area contributed by atoms with Gasteiger partial charge in [-0.3, -0.25) is 0 Å². The lowest BCUT2D eigenvalue weighted by Gasteiger charge is -2.04. The number of urea groups is 1. The summed E-state index contributed by atoms with van der Waals surface area (Å²) < 4.78 is 0. The Bertz CT molecular complexity index is 238. The van der Waals surface area contributed by atoms with Crippen LogP contribution in [0.2, 0.25) is 0 Å². The third kappa shape index (κ3) is 3.26. The highest BCUT2D eigenvalue weighted by atomic mass is 32.1. The van der Waals surface area contributed by atoms with E-state index in [4.69, 9.17) is 16.6 Å². The molecular formula is C5H9N3O3S. The van der Waals surface area contributed by atoms with Crippen molar-refractivity contribution in [3.8, 4) is 0 Å². The van der Waals surface area contributed by atoms with Crippen molar-refractivity contribution in [1.29, 1.82) is 0 Å². The zero-order chi connectivity index (χ0) is 9.72. The molecule has 0 aliphatic carbocycles. The van der Waals surface area contributed by atoms with E-state index < -0.39 is 12.0 Å². The average Bonchev–Trinajstić information content (AvgIpc) is 1.85. The predicted molar refractivity (Wildman–Crippen MR) is 45.4 cm³/mol. The predicted octanol–water partition coefficient (Wildman–Crippen LogP) is -1.16. The molecule has 0 heterocycles. The summed E-state index contributed by atoms with van der Waals surface area (Å²) in [5, 5.41) is 10.3. The summed E-state index contributed by atoms with van der Waals surface area (Å²) in [6, 6.07) is -0.882. The largest absolute Gasteiger partial charge is 0.478 e. The Morgan fingerprint density at radius 1 is 1.50 bits per heavy atom. The number of carbonyl (C=O) groups is 2. The second kappa shape index (κ2) is 4.62. The highest BCUT2D eigenvalue weighted by Gasteiger charge is 2.10. The van der Waals surface area contributed by atoms with Gasteiger partial charge in [-0.15, -0.1) is 12.6 Å². The zero-order valence-corrected chi connectivity index (χ0v) is 6.97. The highest BCUT2D eigenvalue weighted by molar-refractivity contribution is 7.84. The van der Waals surface area contributed by atoms with E-state index in [1.54, 1.807) is 0 Å². The number of carbonyl (C=O) groups excluding carboxylic acids is 1. The minimum Gasteiger partial charge on any atom is -0.478 e. The summed E-state index contributed by atoms with van der Waals surface area (Å²) in [7, 11) is 0. The Hall–Kier alpha value is -1.21. The number of carboxylic acids is 1. The second-order valence-electron chi connectivity index (χ2n) is 1.83. The van der Waals surface area contributed by atoms with Crippen molar-refractivity contribution in [3.05, 3.63) is 10.6 Å². The minimum atomic E-state index is -1.24. The lowest BCUT2D eigenvalue weighted by Crippen LogP contribution is -2.30. The van der Waals surface area contributed by atoms with Gasteiger partial charge >= 0.3 is 12.0 Å². The van der Waals surface area contributed by atoms with E-state index in [1.165, 1.54) is 0 Å². The Balaban J connectivity index is 4.60. The summed E-state index contributed by atoms with van der Waals surface area (Å²) in [5.41, 5.74) is 9.59. The first-order valence-electron chi connectivity index (χ1n) is 2.91. The molecule has 0 saturated heterocycles. The molecule has 0 saturated carbocycles. The van der Waals surface area contributed by atoms with Crippen LogP contribution in [-0.4, -0.2) is 23.7 Å². The maximum Gasteiger partial charge on any atom is 0.335 e. The first-order valence-corrected chi connectivity index (χ1v) is 3.35. The molecule has 68 valence electrons. The number of primary amides is 1. The van der Waals surface area contributed by atoms with Crippen LogP contribution in [0.3, 0.4) is 0 Å². The molecule has 6 N–H and O–H groups in total. The molecule has 0 aromatic rings. The van der Waals surface area contributed by atoms with Gasteiger partial charge in [-0.25, -0.2) is 9.59 Å². The fourth-order valence-corrected chi connectivity index (χ4v) is 0.775. The molecule has 0 spiro atoms. The van der Waals surface area contributed by atoms with Crippen molar-refractivity contribution < 1.29 is 14.7 Å². The Morgan fingerprint density at radius 2 is 2.00 bits per heavy atom. The van der Waals surface area contributed by atoms with Crippen LogP contribution in [-0.2, 0) is 4.79 Å². The molecule has 0 radical (unpaired) electrons. The van der Waals surface area contributed by atoms with Gasteiger partial charge in [0.25, 0.3) is 0 Å². The van der Waals surface area contributed by atoms with E-state index in [0.29, 0.717) is 0 Å². The van der Waals surface area contributed by atoms with Gasteiger partial charge < -0.3 is 21.9 Å². The van der Waals surface area contributed by atoms with Gasteiger partial charge in [0.1, 0.15) is 0 Å². The number of nitrogens with one attached hydrogen (secondary N) is 1. The van der Waals surface area contributed by atoms with Crippen molar-refractivity contribution in [2.45, 2.75) is 0 Å². The molecule has 0 aliphatic rings. The molecule has 2 amide bonds. The van der Waals surface area contributed by atoms with Crippen molar-refractivity contribution in [1.82, 2.24) is 5.32 Å². The smallest absolute Gasteiger partial charge is 0.335 e. The fourth-order valence-electron chi connectivity index (χ4n) is 0.477. The third-order valence-corrected chi connectivity index (χ3v) is 1.37. The van der Waals surface area contributed by atoms with E-state index >= 15 is 0 Å². The first-order chi connectivity index (χ1) is 5.49. The molecule has 6 nitrogen and oxygen atoms in total. The van der Waals surface area contributed by atoms with Crippen LogP contribution in [0.5, 0.6) is 0 Å². The van der Waals surface area contributed by atoms with Crippen LogP contribution in [0.1, 0.15) is 0 Å². The van der Waals surface area contributed by atoms with Gasteiger partial charge in [-0.1, -0.05) is 0 Å². The molecule has 0 fully saturated rings. The topological polar surface area (TPSA) is 118 Å². The first kappa shape index (κ1) is 10.8. The molecular weight excluding hydrogens is 182 g/mol. The summed E-state index contributed by atoms with van der Waals surface area (Å²) in [4.78, 5) is 20.6. The summed E-state index contributed by atoms with van der Waals surface area (Å²) in [5.74, 6) is -1.24. The molecule has 7 heteroatoms. The van der Waals surface area contributed by atoms with Gasteiger partial charge in [0.05, 0.1) is 10.6 Å². The van der Waals surface area contributed by atoms with Crippen LogP contribution in [0, 0.1) is 0 Å². The van der Waals surface area contributed by atoms with Crippen molar-refractivity contribution in [2.75, 3.05) is 6.54 Å². The molecule has 12 heavy (non-hydrogen) atoms. The Kier molecular flexibility index (Phi) is 4.16. The van der Waals surface area contributed by atoms with E-state index in [1.807, 2.05) is 5.32 Å². The van der Waals surface area contributed by atoms with E-state index in [0.717, 1.165) is 0 Å². The molecule has 0 aromatic heterocycles. The number of nitrogens with two attached hydrogens (primary N) is 2. The van der Waals surface area contributed by atoms with Crippen LogP contribution in [0.25, 0.3) is 0 Å². The number of rotatable bonds is 3. The van der Waals surface area contributed by atoms with Crippen molar-refractivity contribution in [3.63, 3.8) is 0 Å². The number of carboxylic acid groups (broad SMARTS) is 1. The van der Waals surface area contributed by atoms with E-state index in [-0.39, 0.29) is 17.1 Å². The van der Waals surface area contributed by atoms with Gasteiger partial charge in [0, 0.05) is 6.54 Å². The summed E-state index contributed by atoms with van der Waals surface area (Å²) >= 11 is 3.69. The molecule has 0 bridgehead atoms. The van der Waals surface area contributed by atoms with Crippen LogP contribution < -0.4 is 16.8 Å². The highest BCUT2D eigenvalue weighted by Crippen LogP contribution is 2.03. The number of thiol groups is 1. The van der Waals surface area contributed by atoms with Gasteiger partial charge in [-0.05, 0) is 0 Å². The third-order valence-electron chi connectivity index (χ3n) is 0.990. The number of hydrogen-bond donors (Lipinski definition) is 5. The van der Waals surface area contributed by atoms with E-state index in [9.17, 15) is 9.59 Å². The van der Waals surface area contributed by atoms with Crippen molar-refractivity contribution >= 4 is 24.6 Å². The molecule has 0 aromatic carbocycles. The fraction of sp³-hybridized carbons (Fsp3) is 0.200. The lowest BCUT2D eigenvalue weighted by molar-refractivity contribution is -0.132. The quantitative estimate of drug-likeness (QED) is 0.285. The monoisotopic (exact) mass is 191 g/mol. The van der Waals surface area contributed by atoms with Crippen LogP contribution in [0.15, 0.2) is 10.6 Å². The van der Waals surface area contributed by atoms with Crippen LogP contribution >= 0.6 is 12.6 Å². The van der Waals surface area contributed by atoms with Crippen molar-refractivity contribution in [2.24, 2.45) is 11.5 Å². The summed E-state index contributed by atoms with van der Waals surface area (Å²) in [6.07, 6.45) is 0. The zero-order valence-electron chi connectivity index (χ0n) is 6.07. The van der Waals surface area contributed by atoms with Gasteiger partial charge in [0.15, 0.2) is 0 Å². The van der Waals surface area contributed by atoms with Gasteiger partial charge in [0.2, 0.25) is 0 Å². The number of aliphatic carboxylic acids is 1. The molecule has 0 aliphatic heterocycles. The minimum absolute atomic E-state index is 0.141. The SMILES string of the molecule is NCC(C(=O)O)=C(S)NC(N)=O. The van der Waals surface area contributed by atoms with Gasteiger partial charge in [-0.2, -0.15) is 0 Å². The number of hydrogen-bond acceptors (Lipinski definition) is 4. The molecule has 0 atom stereocenters. The van der Waals surface area contributed by atoms with E-state index in [2.05, 4.69) is 12.6 Å². The lowest BCUT2D eigenvalue weighted by atomic mass is 10.3. The normalized spacial score (nSPS) is 11.8. The average molecular weight is 191 g/mol. The number of amides is 2.